The number of nitrogen functional groups attached to an aromatic ring is 1. The van der Waals surface area contributed by atoms with Crippen molar-refractivity contribution in [3.63, 3.8) is 0 Å². The summed E-state index contributed by atoms with van der Waals surface area (Å²) in [5.41, 5.74) is 6.40. The molecule has 2 N–H and O–H groups in total. The Bertz CT molecular complexity index is 1000. The molecule has 2 heterocycles. The number of aromatic nitrogens is 2. The van der Waals surface area contributed by atoms with Crippen molar-refractivity contribution in [2.24, 2.45) is 0 Å². The van der Waals surface area contributed by atoms with Gasteiger partial charge in [0.1, 0.15) is 11.2 Å². The van der Waals surface area contributed by atoms with Gasteiger partial charge in [-0.2, -0.15) is 4.57 Å². The van der Waals surface area contributed by atoms with Gasteiger partial charge in [0.05, 0.1) is 5.39 Å². The number of hydrogen-bond donors (Lipinski definition) is 1. The summed E-state index contributed by atoms with van der Waals surface area (Å²) in [5, 5.41) is 1.08. The molecule has 4 heteroatoms. The van der Waals surface area contributed by atoms with Crippen molar-refractivity contribution in [3.8, 4) is 5.69 Å². The quantitative estimate of drug-likeness (QED) is 0.432. The minimum atomic E-state index is 0.691. The second kappa shape index (κ2) is 4.37. The Morgan fingerprint density at radius 3 is 2.36 bits per heavy atom. The van der Waals surface area contributed by atoms with E-state index in [0.29, 0.717) is 5.89 Å². The lowest BCUT2D eigenvalue weighted by atomic mass is 10.1. The van der Waals surface area contributed by atoms with Crippen LogP contribution < -0.4 is 10.5 Å². The fourth-order valence-corrected chi connectivity index (χ4v) is 3.25. The van der Waals surface area contributed by atoms with Gasteiger partial charge in [0.2, 0.25) is 5.58 Å². The highest BCUT2D eigenvalue weighted by molar-refractivity contribution is 6.03. The van der Waals surface area contributed by atoms with Gasteiger partial charge in [0.25, 0.3) is 5.89 Å². The number of nitrogens with two attached hydrogens (primary N) is 1. The van der Waals surface area contributed by atoms with Crippen LogP contribution in [0.25, 0.3) is 27.8 Å². The van der Waals surface area contributed by atoms with Crippen LogP contribution in [0.3, 0.4) is 0 Å². The molecule has 2 aromatic carbocycles. The van der Waals surface area contributed by atoms with Gasteiger partial charge in [-0.3, -0.25) is 5.84 Å². The van der Waals surface area contributed by atoms with E-state index in [2.05, 4.69) is 48.7 Å². The van der Waals surface area contributed by atoms with Gasteiger partial charge < -0.3 is 4.42 Å². The van der Waals surface area contributed by atoms with Gasteiger partial charge in [0.15, 0.2) is 0 Å². The van der Waals surface area contributed by atoms with E-state index in [1.807, 2.05) is 19.1 Å². The summed E-state index contributed by atoms with van der Waals surface area (Å²) in [4.78, 5) is 0. The van der Waals surface area contributed by atoms with Gasteiger partial charge in [-0.15, -0.1) is 0 Å². The molecule has 110 valence electrons. The molecule has 0 atom stereocenters. The second-order valence-corrected chi connectivity index (χ2v) is 5.74. The number of oxazole rings is 1. The normalized spacial score (nSPS) is 11.6. The molecule has 4 nitrogen and oxygen atoms in total. The highest BCUT2D eigenvalue weighted by Crippen LogP contribution is 2.33. The molecule has 0 aliphatic rings. The third-order valence-electron chi connectivity index (χ3n) is 4.28. The van der Waals surface area contributed by atoms with E-state index >= 15 is 0 Å². The summed E-state index contributed by atoms with van der Waals surface area (Å²) in [6.45, 7) is 6.12. The zero-order valence-electron chi connectivity index (χ0n) is 12.9. The molecular formula is C18H18N3O+. The van der Waals surface area contributed by atoms with Crippen molar-refractivity contribution in [2.45, 2.75) is 20.8 Å². The molecule has 4 aromatic rings. The molecule has 0 saturated carbocycles. The van der Waals surface area contributed by atoms with Crippen molar-refractivity contribution < 1.29 is 9.09 Å². The van der Waals surface area contributed by atoms with Crippen molar-refractivity contribution >= 4 is 22.1 Å². The van der Waals surface area contributed by atoms with Crippen molar-refractivity contribution in [1.29, 1.82) is 0 Å². The summed E-state index contributed by atoms with van der Waals surface area (Å²) >= 11 is 0. The molecule has 0 unspecified atom stereocenters. The predicted octanol–water partition coefficient (Wildman–Crippen LogP) is 3.30. The number of para-hydroxylation sites is 2. The van der Waals surface area contributed by atoms with E-state index in [0.717, 1.165) is 27.8 Å². The molecule has 0 fully saturated rings. The van der Waals surface area contributed by atoms with Crippen LogP contribution in [-0.4, -0.2) is 4.57 Å². The number of rotatable bonds is 1. The predicted molar refractivity (Wildman–Crippen MR) is 87.6 cm³/mol. The number of aryl methyl sites for hydroxylation is 3. The molecule has 0 radical (unpaired) electrons. The van der Waals surface area contributed by atoms with E-state index in [1.54, 1.807) is 4.68 Å². The Labute approximate surface area is 128 Å². The van der Waals surface area contributed by atoms with Crippen molar-refractivity contribution in [2.75, 3.05) is 5.84 Å². The van der Waals surface area contributed by atoms with E-state index in [-0.39, 0.29) is 0 Å². The first-order valence-electron chi connectivity index (χ1n) is 7.36. The largest absolute Gasteiger partial charge is 0.415 e. The Morgan fingerprint density at radius 1 is 0.955 bits per heavy atom. The van der Waals surface area contributed by atoms with Crippen LogP contribution >= 0.6 is 0 Å². The summed E-state index contributed by atoms with van der Waals surface area (Å²) in [7, 11) is 0. The maximum absolute atomic E-state index is 6.24. The van der Waals surface area contributed by atoms with Gasteiger partial charge in [-0.1, -0.05) is 35.0 Å². The molecular weight excluding hydrogens is 274 g/mol. The zero-order chi connectivity index (χ0) is 15.4. The Balaban J connectivity index is 2.29. The van der Waals surface area contributed by atoms with E-state index in [1.165, 1.54) is 11.1 Å². The third kappa shape index (κ3) is 1.55. The smallest absolute Gasteiger partial charge is 0.357 e. The first-order valence-corrected chi connectivity index (χ1v) is 7.36. The van der Waals surface area contributed by atoms with E-state index in [4.69, 9.17) is 10.3 Å². The van der Waals surface area contributed by atoms with Crippen LogP contribution in [0.15, 0.2) is 46.9 Å². The van der Waals surface area contributed by atoms with E-state index < -0.39 is 0 Å². The lowest BCUT2D eigenvalue weighted by Gasteiger charge is -2.07. The highest BCUT2D eigenvalue weighted by Gasteiger charge is 2.29. The first kappa shape index (κ1) is 13.0. The van der Waals surface area contributed by atoms with Gasteiger partial charge in [-0.25, -0.2) is 0 Å². The van der Waals surface area contributed by atoms with Crippen LogP contribution in [-0.2, 0) is 0 Å². The maximum atomic E-state index is 6.24. The molecule has 0 bridgehead atoms. The maximum Gasteiger partial charge on any atom is 0.357 e. The standard InChI is InChI=1S/C18H18N3O/c1-11-7-6-8-12(2)16(11)20-15-10-5-4-9-14(15)17-18(20)21(19)13(3)22-17/h4-10H,19H2,1-3H3/q+1. The van der Waals surface area contributed by atoms with Crippen LogP contribution in [0.5, 0.6) is 0 Å². The third-order valence-corrected chi connectivity index (χ3v) is 4.28. The number of hydrogen-bond acceptors (Lipinski definition) is 2. The monoisotopic (exact) mass is 292 g/mol. The minimum Gasteiger partial charge on any atom is -0.415 e. The molecule has 22 heavy (non-hydrogen) atoms. The van der Waals surface area contributed by atoms with Crippen molar-refractivity contribution in [1.82, 2.24) is 4.57 Å². The fraction of sp³-hybridized carbons (Fsp3) is 0.167. The van der Waals surface area contributed by atoms with E-state index in [9.17, 15) is 0 Å². The molecule has 0 aliphatic carbocycles. The lowest BCUT2D eigenvalue weighted by molar-refractivity contribution is -0.626. The first-order chi connectivity index (χ1) is 10.6. The second-order valence-electron chi connectivity index (χ2n) is 5.74. The zero-order valence-corrected chi connectivity index (χ0v) is 12.9. The Hall–Kier alpha value is -2.75. The van der Waals surface area contributed by atoms with Crippen LogP contribution in [0, 0.1) is 20.8 Å². The summed E-state index contributed by atoms with van der Waals surface area (Å²) < 4.78 is 9.74. The fourth-order valence-electron chi connectivity index (χ4n) is 3.25. The number of nitrogens with zero attached hydrogens (tertiary/aromatic N) is 2. The average molecular weight is 292 g/mol. The van der Waals surface area contributed by atoms with Gasteiger partial charge in [0, 0.05) is 6.92 Å². The van der Waals surface area contributed by atoms with Gasteiger partial charge in [-0.05, 0) is 37.1 Å². The highest BCUT2D eigenvalue weighted by atomic mass is 16.4. The SMILES string of the molecule is Cc1cccc(C)c1-n1c2ccccc2c2oc(C)[n+](N)c21. The molecule has 2 aromatic heterocycles. The molecule has 0 aliphatic heterocycles. The number of fused-ring (bicyclic) bond motifs is 3. The Morgan fingerprint density at radius 2 is 1.64 bits per heavy atom. The minimum absolute atomic E-state index is 0.691. The van der Waals surface area contributed by atoms with Crippen molar-refractivity contribution in [3.05, 3.63) is 59.5 Å². The molecule has 0 amide bonds. The lowest BCUT2D eigenvalue weighted by Crippen LogP contribution is -2.46. The van der Waals surface area contributed by atoms with Gasteiger partial charge >= 0.3 is 5.65 Å². The summed E-state index contributed by atoms with van der Waals surface area (Å²) in [6.07, 6.45) is 0. The number of benzene rings is 2. The Kier molecular flexibility index (Phi) is 2.57. The summed E-state index contributed by atoms with van der Waals surface area (Å²) in [6, 6.07) is 14.6. The van der Waals surface area contributed by atoms with Crippen LogP contribution in [0.4, 0.5) is 0 Å². The van der Waals surface area contributed by atoms with Crippen LogP contribution in [0.1, 0.15) is 17.0 Å². The average Bonchev–Trinajstić information content (AvgIpc) is 2.96. The molecule has 0 spiro atoms. The summed E-state index contributed by atoms with van der Waals surface area (Å²) in [5.74, 6) is 6.93. The molecule has 0 saturated heterocycles. The topological polar surface area (TPSA) is 48.0 Å². The molecule has 4 rings (SSSR count). The van der Waals surface area contributed by atoms with Crippen LogP contribution in [0.2, 0.25) is 0 Å².